The summed E-state index contributed by atoms with van der Waals surface area (Å²) in [5.41, 5.74) is 1.99. The zero-order chi connectivity index (χ0) is 18.8. The summed E-state index contributed by atoms with van der Waals surface area (Å²) in [6.07, 6.45) is 4.78. The van der Waals surface area contributed by atoms with Crippen LogP contribution >= 0.6 is 56.9 Å². The van der Waals surface area contributed by atoms with Crippen LogP contribution in [-0.2, 0) is 6.42 Å². The van der Waals surface area contributed by atoms with Crippen LogP contribution in [0.5, 0.6) is 5.75 Å². The van der Waals surface area contributed by atoms with Crippen LogP contribution in [0.4, 0.5) is 0 Å². The third kappa shape index (κ3) is 3.91. The molecular formula is C20H18I2O3S. The lowest BCUT2D eigenvalue weighted by Gasteiger charge is -2.06. The van der Waals surface area contributed by atoms with Crippen LogP contribution in [0, 0.1) is 7.14 Å². The van der Waals surface area contributed by atoms with Crippen molar-refractivity contribution in [2.45, 2.75) is 31.1 Å². The zero-order valence-electron chi connectivity index (χ0n) is 14.4. The van der Waals surface area contributed by atoms with E-state index in [9.17, 15) is 9.90 Å². The molecule has 6 heteroatoms. The molecule has 0 aliphatic carbocycles. The van der Waals surface area contributed by atoms with Crippen LogP contribution in [0.1, 0.15) is 41.4 Å². The normalized spacial score (nSPS) is 11.2. The summed E-state index contributed by atoms with van der Waals surface area (Å²) >= 11 is 5.76. The maximum Gasteiger partial charge on any atom is 0.197 e. The topological polar surface area (TPSA) is 50.4 Å². The Labute approximate surface area is 184 Å². The number of carbonyl (C=O) groups excluding carboxylic acids is 1. The third-order valence-electron chi connectivity index (χ3n) is 4.23. The van der Waals surface area contributed by atoms with Crippen molar-refractivity contribution in [1.82, 2.24) is 0 Å². The number of furan rings is 1. The fourth-order valence-corrected chi connectivity index (χ4v) is 5.05. The van der Waals surface area contributed by atoms with Gasteiger partial charge in [-0.2, -0.15) is 0 Å². The van der Waals surface area contributed by atoms with E-state index in [0.717, 1.165) is 40.9 Å². The van der Waals surface area contributed by atoms with Gasteiger partial charge in [0.15, 0.2) is 5.78 Å². The second-order valence-electron chi connectivity index (χ2n) is 5.98. The van der Waals surface area contributed by atoms with Crippen LogP contribution < -0.4 is 0 Å². The van der Waals surface area contributed by atoms with Crippen LogP contribution in [-0.4, -0.2) is 17.1 Å². The van der Waals surface area contributed by atoms with Crippen molar-refractivity contribution in [3.63, 3.8) is 0 Å². The molecule has 3 rings (SSSR count). The average molecular weight is 592 g/mol. The molecule has 0 saturated heterocycles. The van der Waals surface area contributed by atoms with E-state index in [1.807, 2.05) is 24.5 Å². The lowest BCUT2D eigenvalue weighted by Crippen LogP contribution is -2.05. The van der Waals surface area contributed by atoms with Gasteiger partial charge in [0.1, 0.15) is 17.1 Å². The fraction of sp³-hybridized carbons (Fsp3) is 0.250. The monoisotopic (exact) mass is 592 g/mol. The molecule has 0 spiro atoms. The molecule has 1 heterocycles. The first kappa shape index (κ1) is 20.0. The van der Waals surface area contributed by atoms with Crippen LogP contribution in [0.3, 0.4) is 0 Å². The van der Waals surface area contributed by atoms with Crippen LogP contribution in [0.2, 0.25) is 0 Å². The van der Waals surface area contributed by atoms with Crippen LogP contribution in [0.25, 0.3) is 11.0 Å². The minimum Gasteiger partial charge on any atom is -0.506 e. The SMILES string of the molecule is CCCCc1oc2cc(SC)ccc2c1C(=O)c1cc(I)c(O)c(I)c1. The van der Waals surface area contributed by atoms with E-state index < -0.39 is 0 Å². The summed E-state index contributed by atoms with van der Waals surface area (Å²) in [6, 6.07) is 9.46. The Hall–Kier alpha value is -0.740. The lowest BCUT2D eigenvalue weighted by atomic mass is 9.98. The molecule has 0 atom stereocenters. The fourth-order valence-electron chi connectivity index (χ4n) is 2.86. The van der Waals surface area contributed by atoms with Gasteiger partial charge in [-0.05, 0) is 88.2 Å². The Balaban J connectivity index is 2.16. The van der Waals surface area contributed by atoms with E-state index in [1.54, 1.807) is 23.9 Å². The first-order valence-corrected chi connectivity index (χ1v) is 11.7. The van der Waals surface area contributed by atoms with Crippen molar-refractivity contribution < 1.29 is 14.3 Å². The third-order valence-corrected chi connectivity index (χ3v) is 6.60. The van der Waals surface area contributed by atoms with E-state index in [0.29, 0.717) is 18.3 Å². The second kappa shape index (κ2) is 8.52. The van der Waals surface area contributed by atoms with Gasteiger partial charge in [0.05, 0.1) is 12.7 Å². The van der Waals surface area contributed by atoms with Crippen molar-refractivity contribution in [3.05, 3.63) is 54.4 Å². The number of halogens is 2. The van der Waals surface area contributed by atoms with E-state index in [4.69, 9.17) is 4.42 Å². The predicted molar refractivity (Wildman–Crippen MR) is 124 cm³/mol. The highest BCUT2D eigenvalue weighted by atomic mass is 127. The van der Waals surface area contributed by atoms with Gasteiger partial charge in [0, 0.05) is 22.3 Å². The number of phenols is 1. The molecule has 136 valence electrons. The molecule has 0 saturated carbocycles. The molecule has 0 fully saturated rings. The number of fused-ring (bicyclic) bond motifs is 1. The Kier molecular flexibility index (Phi) is 6.55. The molecule has 0 aliphatic rings. The summed E-state index contributed by atoms with van der Waals surface area (Å²) < 4.78 is 7.43. The number of ketones is 1. The summed E-state index contributed by atoms with van der Waals surface area (Å²) in [7, 11) is 0. The first-order chi connectivity index (χ1) is 12.5. The molecule has 2 aromatic carbocycles. The smallest absolute Gasteiger partial charge is 0.197 e. The molecule has 0 bridgehead atoms. The van der Waals surface area contributed by atoms with Crippen molar-refractivity contribution in [1.29, 1.82) is 0 Å². The molecule has 3 nitrogen and oxygen atoms in total. The Morgan fingerprint density at radius 3 is 2.50 bits per heavy atom. The molecule has 0 amide bonds. The van der Waals surface area contributed by atoms with Gasteiger partial charge >= 0.3 is 0 Å². The largest absolute Gasteiger partial charge is 0.506 e. The van der Waals surface area contributed by atoms with Gasteiger partial charge in [0.2, 0.25) is 0 Å². The van der Waals surface area contributed by atoms with E-state index >= 15 is 0 Å². The second-order valence-corrected chi connectivity index (χ2v) is 9.19. The maximum atomic E-state index is 13.3. The number of aryl methyl sites for hydroxylation is 1. The summed E-state index contributed by atoms with van der Waals surface area (Å²) in [6.45, 7) is 2.13. The lowest BCUT2D eigenvalue weighted by molar-refractivity contribution is 0.103. The van der Waals surface area contributed by atoms with Crippen LogP contribution in [0.15, 0.2) is 39.6 Å². The van der Waals surface area contributed by atoms with E-state index in [1.165, 1.54) is 0 Å². The van der Waals surface area contributed by atoms with Crippen molar-refractivity contribution in [2.75, 3.05) is 6.26 Å². The molecule has 0 aliphatic heterocycles. The summed E-state index contributed by atoms with van der Waals surface area (Å²) in [5, 5.41) is 10.9. The Bertz CT molecular complexity index is 956. The quantitative estimate of drug-likeness (QED) is 0.198. The van der Waals surface area contributed by atoms with Crippen molar-refractivity contribution in [2.24, 2.45) is 0 Å². The Morgan fingerprint density at radius 1 is 1.19 bits per heavy atom. The number of carbonyl (C=O) groups is 1. The summed E-state index contributed by atoms with van der Waals surface area (Å²) in [4.78, 5) is 14.4. The molecule has 0 radical (unpaired) electrons. The van der Waals surface area contributed by atoms with Crippen molar-refractivity contribution in [3.8, 4) is 5.75 Å². The number of unbranched alkanes of at least 4 members (excludes halogenated alkanes) is 1. The zero-order valence-corrected chi connectivity index (χ0v) is 19.6. The maximum absolute atomic E-state index is 13.3. The minimum atomic E-state index is -0.0532. The number of phenolic OH excluding ortho intramolecular Hbond substituents is 1. The average Bonchev–Trinajstić information content (AvgIpc) is 3.00. The highest BCUT2D eigenvalue weighted by Crippen LogP contribution is 2.34. The number of aromatic hydroxyl groups is 1. The van der Waals surface area contributed by atoms with Gasteiger partial charge in [-0.3, -0.25) is 4.79 Å². The highest BCUT2D eigenvalue weighted by Gasteiger charge is 2.23. The predicted octanol–water partition coefficient (Wildman–Crippen LogP) is 6.64. The molecule has 1 N–H and O–H groups in total. The number of rotatable bonds is 6. The summed E-state index contributed by atoms with van der Waals surface area (Å²) in [5.74, 6) is 0.918. The standard InChI is InChI=1S/C20H18I2O3S/c1-3-4-5-16-18(13-7-6-12(26-2)10-17(13)25-16)19(23)11-8-14(21)20(24)15(22)9-11/h6-10,24H,3-5H2,1-2H3. The molecule has 26 heavy (non-hydrogen) atoms. The van der Waals surface area contributed by atoms with Crippen molar-refractivity contribution >= 4 is 73.7 Å². The molecule has 3 aromatic rings. The molecule has 1 aromatic heterocycles. The van der Waals surface area contributed by atoms with Gasteiger partial charge in [-0.1, -0.05) is 13.3 Å². The van der Waals surface area contributed by atoms with Gasteiger partial charge < -0.3 is 9.52 Å². The number of benzene rings is 2. The number of hydrogen-bond acceptors (Lipinski definition) is 4. The van der Waals surface area contributed by atoms with Gasteiger partial charge in [-0.25, -0.2) is 0 Å². The molecule has 0 unspecified atom stereocenters. The first-order valence-electron chi connectivity index (χ1n) is 8.28. The van der Waals surface area contributed by atoms with Gasteiger partial charge in [-0.15, -0.1) is 11.8 Å². The molecular weight excluding hydrogens is 574 g/mol. The highest BCUT2D eigenvalue weighted by molar-refractivity contribution is 14.1. The number of thioether (sulfide) groups is 1. The minimum absolute atomic E-state index is 0.0532. The van der Waals surface area contributed by atoms with E-state index in [2.05, 4.69) is 52.1 Å². The Morgan fingerprint density at radius 2 is 1.88 bits per heavy atom. The number of hydrogen-bond donors (Lipinski definition) is 1. The van der Waals surface area contributed by atoms with Gasteiger partial charge in [0.25, 0.3) is 0 Å². The van der Waals surface area contributed by atoms with E-state index in [-0.39, 0.29) is 11.5 Å².